The Morgan fingerprint density at radius 3 is 2.18 bits per heavy atom. The smallest absolute Gasteiger partial charge is 0.0445 e. The van der Waals surface area contributed by atoms with E-state index >= 15 is 0 Å². The Balaban J connectivity index is 2.58. The molecular weight excluding hydrogens is 210 g/mol. The molecule has 2 heteroatoms. The zero-order valence-corrected chi connectivity index (χ0v) is 11.5. The predicted octanol–water partition coefficient (Wildman–Crippen LogP) is 2.80. The van der Waals surface area contributed by atoms with Gasteiger partial charge in [0.2, 0.25) is 0 Å². The van der Waals surface area contributed by atoms with Crippen LogP contribution < -0.4 is 5.32 Å². The molecular formula is C15H25NO. The maximum atomic E-state index is 9.03. The van der Waals surface area contributed by atoms with Gasteiger partial charge in [0.05, 0.1) is 0 Å². The number of benzene rings is 1. The van der Waals surface area contributed by atoms with Crippen LogP contribution in [0.25, 0.3) is 0 Å². The van der Waals surface area contributed by atoms with Gasteiger partial charge in [-0.25, -0.2) is 0 Å². The molecule has 2 N–H and O–H groups in total. The molecule has 17 heavy (non-hydrogen) atoms. The highest BCUT2D eigenvalue weighted by Crippen LogP contribution is 2.11. The molecule has 2 nitrogen and oxygen atoms in total. The Morgan fingerprint density at radius 2 is 1.71 bits per heavy atom. The van der Waals surface area contributed by atoms with Crippen molar-refractivity contribution in [3.8, 4) is 0 Å². The lowest BCUT2D eigenvalue weighted by atomic mass is 10.0. The number of hydrogen-bond donors (Lipinski definition) is 2. The maximum Gasteiger partial charge on any atom is 0.0445 e. The molecule has 1 unspecified atom stereocenters. The van der Waals surface area contributed by atoms with Crippen molar-refractivity contribution in [2.45, 2.75) is 46.7 Å². The lowest BCUT2D eigenvalue weighted by molar-refractivity contribution is 0.244. The summed E-state index contributed by atoms with van der Waals surface area (Å²) in [4.78, 5) is 0. The van der Waals surface area contributed by atoms with Crippen LogP contribution in [0.5, 0.6) is 0 Å². The van der Waals surface area contributed by atoms with Gasteiger partial charge in [0, 0.05) is 19.2 Å². The molecule has 0 fully saturated rings. The van der Waals surface area contributed by atoms with Crippen LogP contribution in [-0.2, 0) is 6.54 Å². The van der Waals surface area contributed by atoms with Gasteiger partial charge in [-0.15, -0.1) is 0 Å². The van der Waals surface area contributed by atoms with Gasteiger partial charge >= 0.3 is 0 Å². The summed E-state index contributed by atoms with van der Waals surface area (Å²) in [6.45, 7) is 9.77. The summed E-state index contributed by atoms with van der Waals surface area (Å²) >= 11 is 0. The summed E-state index contributed by atoms with van der Waals surface area (Å²) in [6.07, 6.45) is 0.822. The van der Waals surface area contributed by atoms with Gasteiger partial charge in [0.1, 0.15) is 0 Å². The average Bonchev–Trinajstić information content (AvgIpc) is 2.22. The highest BCUT2D eigenvalue weighted by molar-refractivity contribution is 5.28. The molecule has 0 aliphatic carbocycles. The van der Waals surface area contributed by atoms with Gasteiger partial charge in [0.25, 0.3) is 0 Å². The van der Waals surface area contributed by atoms with E-state index in [1.165, 1.54) is 16.7 Å². The van der Waals surface area contributed by atoms with E-state index in [0.717, 1.165) is 13.0 Å². The van der Waals surface area contributed by atoms with Crippen LogP contribution in [0, 0.1) is 19.8 Å². The van der Waals surface area contributed by atoms with E-state index < -0.39 is 0 Å². The van der Waals surface area contributed by atoms with Crippen molar-refractivity contribution >= 4 is 0 Å². The Hall–Kier alpha value is -0.860. The first-order valence-electron chi connectivity index (χ1n) is 6.44. The van der Waals surface area contributed by atoms with Crippen molar-refractivity contribution in [1.82, 2.24) is 5.32 Å². The van der Waals surface area contributed by atoms with E-state index in [1.54, 1.807) is 0 Å². The second kappa shape index (κ2) is 6.77. The number of hydrogen-bond acceptors (Lipinski definition) is 2. The van der Waals surface area contributed by atoms with Gasteiger partial charge in [0.15, 0.2) is 0 Å². The van der Waals surface area contributed by atoms with Crippen LogP contribution in [0.3, 0.4) is 0 Å². The third-order valence-corrected chi connectivity index (χ3v) is 3.09. The second-order valence-electron chi connectivity index (χ2n) is 5.24. The standard InChI is InChI=1S/C15H25NO/c1-11(2)15(5-6-17)16-10-14-8-12(3)7-13(4)9-14/h7-9,11,15-17H,5-6,10H2,1-4H3. The minimum atomic E-state index is 0.253. The van der Waals surface area contributed by atoms with Crippen LogP contribution >= 0.6 is 0 Å². The highest BCUT2D eigenvalue weighted by atomic mass is 16.3. The lowest BCUT2D eigenvalue weighted by Gasteiger charge is -2.21. The summed E-state index contributed by atoms with van der Waals surface area (Å²) in [7, 11) is 0. The van der Waals surface area contributed by atoms with Crippen molar-refractivity contribution in [2.24, 2.45) is 5.92 Å². The van der Waals surface area contributed by atoms with Gasteiger partial charge in [-0.3, -0.25) is 0 Å². The van der Waals surface area contributed by atoms with Gasteiger partial charge in [-0.1, -0.05) is 43.2 Å². The zero-order chi connectivity index (χ0) is 12.8. The number of aliphatic hydroxyl groups is 1. The fourth-order valence-electron chi connectivity index (χ4n) is 2.23. The molecule has 0 radical (unpaired) electrons. The van der Waals surface area contributed by atoms with Crippen LogP contribution in [-0.4, -0.2) is 17.8 Å². The van der Waals surface area contributed by atoms with Crippen LogP contribution in [0.1, 0.15) is 37.0 Å². The van der Waals surface area contributed by atoms with Crippen LogP contribution in [0.15, 0.2) is 18.2 Å². The maximum absolute atomic E-state index is 9.03. The third-order valence-electron chi connectivity index (χ3n) is 3.09. The van der Waals surface area contributed by atoms with E-state index in [9.17, 15) is 0 Å². The van der Waals surface area contributed by atoms with Crippen molar-refractivity contribution in [1.29, 1.82) is 0 Å². The second-order valence-corrected chi connectivity index (χ2v) is 5.24. The Bertz CT molecular complexity index is 327. The van der Waals surface area contributed by atoms with E-state index in [1.807, 2.05) is 0 Å². The topological polar surface area (TPSA) is 32.3 Å². The average molecular weight is 235 g/mol. The molecule has 0 spiro atoms. The highest BCUT2D eigenvalue weighted by Gasteiger charge is 2.11. The summed E-state index contributed by atoms with van der Waals surface area (Å²) in [5.74, 6) is 0.549. The Kier molecular flexibility index (Phi) is 5.66. The first kappa shape index (κ1) is 14.2. The fourth-order valence-corrected chi connectivity index (χ4v) is 2.23. The first-order chi connectivity index (χ1) is 8.02. The lowest BCUT2D eigenvalue weighted by Crippen LogP contribution is -2.34. The van der Waals surface area contributed by atoms with E-state index in [0.29, 0.717) is 12.0 Å². The minimum Gasteiger partial charge on any atom is -0.396 e. The molecule has 96 valence electrons. The molecule has 0 heterocycles. The SMILES string of the molecule is Cc1cc(C)cc(CNC(CCO)C(C)C)c1. The Morgan fingerprint density at radius 1 is 1.12 bits per heavy atom. The number of nitrogens with one attached hydrogen (secondary N) is 1. The molecule has 0 amide bonds. The van der Waals surface area contributed by atoms with Crippen LogP contribution in [0.4, 0.5) is 0 Å². The fraction of sp³-hybridized carbons (Fsp3) is 0.600. The monoisotopic (exact) mass is 235 g/mol. The molecule has 0 bridgehead atoms. The van der Waals surface area contributed by atoms with Crippen molar-refractivity contribution in [2.75, 3.05) is 6.61 Å². The quantitative estimate of drug-likeness (QED) is 0.794. The van der Waals surface area contributed by atoms with Crippen molar-refractivity contribution in [3.63, 3.8) is 0 Å². The van der Waals surface area contributed by atoms with Crippen molar-refractivity contribution < 1.29 is 5.11 Å². The molecule has 0 aliphatic heterocycles. The zero-order valence-electron chi connectivity index (χ0n) is 11.5. The number of aliphatic hydroxyl groups excluding tert-OH is 1. The predicted molar refractivity (Wildman–Crippen MR) is 73.1 cm³/mol. The van der Waals surface area contributed by atoms with Gasteiger partial charge < -0.3 is 10.4 Å². The molecule has 1 atom stereocenters. The normalized spacial score (nSPS) is 13.1. The molecule has 0 saturated heterocycles. The molecule has 0 aromatic heterocycles. The molecule has 0 saturated carbocycles. The summed E-state index contributed by atoms with van der Waals surface area (Å²) in [5.41, 5.74) is 3.95. The van der Waals surface area contributed by atoms with E-state index in [4.69, 9.17) is 5.11 Å². The van der Waals surface area contributed by atoms with Gasteiger partial charge in [-0.2, -0.15) is 0 Å². The summed E-state index contributed by atoms with van der Waals surface area (Å²) in [6, 6.07) is 7.02. The van der Waals surface area contributed by atoms with E-state index in [-0.39, 0.29) is 6.61 Å². The van der Waals surface area contributed by atoms with Crippen molar-refractivity contribution in [3.05, 3.63) is 34.9 Å². The molecule has 1 rings (SSSR count). The molecule has 0 aliphatic rings. The Labute approximate surface area is 105 Å². The van der Waals surface area contributed by atoms with E-state index in [2.05, 4.69) is 51.2 Å². The number of aryl methyl sites for hydroxylation is 2. The first-order valence-corrected chi connectivity index (χ1v) is 6.44. The summed E-state index contributed by atoms with van der Waals surface area (Å²) in [5, 5.41) is 12.6. The molecule has 1 aromatic rings. The largest absolute Gasteiger partial charge is 0.396 e. The number of rotatable bonds is 6. The summed E-state index contributed by atoms with van der Waals surface area (Å²) < 4.78 is 0. The van der Waals surface area contributed by atoms with Crippen LogP contribution in [0.2, 0.25) is 0 Å². The van der Waals surface area contributed by atoms with Gasteiger partial charge in [-0.05, 0) is 31.7 Å². The molecule has 1 aromatic carbocycles. The minimum absolute atomic E-state index is 0.253. The third kappa shape index (κ3) is 4.88.